The normalized spacial score (nSPS) is 11.6. The van der Waals surface area contributed by atoms with Crippen LogP contribution in [0.25, 0.3) is 0 Å². The van der Waals surface area contributed by atoms with Crippen molar-refractivity contribution in [2.24, 2.45) is 5.92 Å². The smallest absolute Gasteiger partial charge is 0.411 e. The summed E-state index contributed by atoms with van der Waals surface area (Å²) in [4.78, 5) is 36.1. The number of nitrogens with one attached hydrogen (secondary N) is 3. The van der Waals surface area contributed by atoms with E-state index >= 15 is 0 Å². The summed E-state index contributed by atoms with van der Waals surface area (Å²) < 4.78 is 9.97. The minimum Gasteiger partial charge on any atom is -0.449 e. The molecular weight excluding hydrogens is 408 g/mol. The van der Waals surface area contributed by atoms with Crippen molar-refractivity contribution < 1.29 is 23.6 Å². The number of rotatable bonds is 9. The average Bonchev–Trinajstić information content (AvgIpc) is 3.09. The third-order valence-corrected chi connectivity index (χ3v) is 4.80. The van der Waals surface area contributed by atoms with E-state index in [4.69, 9.17) is 9.26 Å². The van der Waals surface area contributed by atoms with E-state index in [0.29, 0.717) is 29.6 Å². The summed E-state index contributed by atoms with van der Waals surface area (Å²) in [5, 5.41) is 11.2. The molecule has 0 radical (unpaired) electrons. The number of ether oxygens (including phenoxy) is 1. The van der Waals surface area contributed by atoms with Gasteiger partial charge >= 0.3 is 6.09 Å². The van der Waals surface area contributed by atoms with Gasteiger partial charge in [-0.25, -0.2) is 4.79 Å². The predicted octanol–water partition coefficient (Wildman–Crippen LogP) is 3.89. The molecule has 0 saturated heterocycles. The lowest BCUT2D eigenvalue weighted by molar-refractivity contribution is -0.115. The molecule has 0 bridgehead atoms. The molecule has 0 spiro atoms. The number of anilines is 3. The molecular formula is C20H26N4O5S. The number of aromatic nitrogens is 1. The van der Waals surface area contributed by atoms with Gasteiger partial charge in [-0.15, -0.1) is 11.8 Å². The number of carbonyl (C=O) groups is 3. The summed E-state index contributed by atoms with van der Waals surface area (Å²) in [7, 11) is 0. The summed E-state index contributed by atoms with van der Waals surface area (Å²) in [5.41, 5.74) is 1.03. The molecule has 3 amide bonds. The first-order valence-electron chi connectivity index (χ1n) is 9.42. The van der Waals surface area contributed by atoms with Crippen molar-refractivity contribution in [2.75, 3.05) is 28.3 Å². The monoisotopic (exact) mass is 434 g/mol. The molecule has 162 valence electrons. The highest BCUT2D eigenvalue weighted by molar-refractivity contribution is 8.01. The van der Waals surface area contributed by atoms with E-state index in [2.05, 4.69) is 21.1 Å². The largest absolute Gasteiger partial charge is 0.449 e. The van der Waals surface area contributed by atoms with Gasteiger partial charge in [-0.1, -0.05) is 25.1 Å². The SMILES string of the molecule is Cc1cc(NC(=O)C(C)SCC(=O)Nc2cccc(NC(=O)OCC(C)C)c2)no1. The minimum atomic E-state index is -0.551. The van der Waals surface area contributed by atoms with Gasteiger partial charge in [0.25, 0.3) is 0 Å². The Balaban J connectivity index is 1.78. The van der Waals surface area contributed by atoms with Crippen molar-refractivity contribution in [3.63, 3.8) is 0 Å². The van der Waals surface area contributed by atoms with Gasteiger partial charge in [0.05, 0.1) is 17.6 Å². The lowest BCUT2D eigenvalue weighted by Crippen LogP contribution is -2.25. The number of benzene rings is 1. The number of carbonyl (C=O) groups excluding carboxylic acids is 3. The minimum absolute atomic E-state index is 0.0838. The van der Waals surface area contributed by atoms with Crippen LogP contribution in [0, 0.1) is 12.8 Å². The van der Waals surface area contributed by atoms with Crippen molar-refractivity contribution in [1.29, 1.82) is 0 Å². The maximum atomic E-state index is 12.2. The third-order valence-electron chi connectivity index (χ3n) is 3.65. The van der Waals surface area contributed by atoms with Crippen molar-refractivity contribution in [3.05, 3.63) is 36.1 Å². The van der Waals surface area contributed by atoms with E-state index in [1.165, 1.54) is 11.8 Å². The van der Waals surface area contributed by atoms with Gasteiger partial charge in [0.15, 0.2) is 5.82 Å². The molecule has 0 fully saturated rings. The molecule has 0 aliphatic heterocycles. The van der Waals surface area contributed by atoms with Crippen molar-refractivity contribution in [2.45, 2.75) is 32.9 Å². The lowest BCUT2D eigenvalue weighted by Gasteiger charge is -2.12. The van der Waals surface area contributed by atoms with Gasteiger partial charge in [-0.2, -0.15) is 0 Å². The summed E-state index contributed by atoms with van der Waals surface area (Å²) in [6.45, 7) is 7.64. The van der Waals surface area contributed by atoms with Gasteiger partial charge < -0.3 is 19.9 Å². The molecule has 10 heteroatoms. The fourth-order valence-corrected chi connectivity index (χ4v) is 2.88. The van der Waals surface area contributed by atoms with Crippen LogP contribution in [0.5, 0.6) is 0 Å². The molecule has 1 unspecified atom stereocenters. The highest BCUT2D eigenvalue weighted by Crippen LogP contribution is 2.18. The summed E-state index contributed by atoms with van der Waals surface area (Å²) in [5.74, 6) is 0.716. The molecule has 2 rings (SSSR count). The standard InChI is InChI=1S/C20H26N4O5S/c1-12(2)10-28-20(27)22-16-7-5-6-15(9-16)21-18(25)11-30-14(4)19(26)23-17-8-13(3)29-24-17/h5-9,12,14H,10-11H2,1-4H3,(H,21,25)(H,22,27)(H,23,24,26). The molecule has 0 aliphatic rings. The highest BCUT2D eigenvalue weighted by atomic mass is 32.2. The summed E-state index contributed by atoms with van der Waals surface area (Å²) in [6, 6.07) is 8.34. The number of nitrogens with zero attached hydrogens (tertiary/aromatic N) is 1. The van der Waals surface area contributed by atoms with E-state index in [-0.39, 0.29) is 23.5 Å². The fraction of sp³-hybridized carbons (Fsp3) is 0.400. The molecule has 30 heavy (non-hydrogen) atoms. The Hall–Kier alpha value is -3.01. The first-order chi connectivity index (χ1) is 14.2. The van der Waals surface area contributed by atoms with Crippen LogP contribution in [0.15, 0.2) is 34.9 Å². The average molecular weight is 435 g/mol. The third kappa shape index (κ3) is 8.16. The first kappa shape index (κ1) is 23.3. The summed E-state index contributed by atoms with van der Waals surface area (Å²) in [6.07, 6.45) is -0.551. The van der Waals surface area contributed by atoms with Gasteiger partial charge in [0, 0.05) is 17.4 Å². The maximum Gasteiger partial charge on any atom is 0.411 e. The lowest BCUT2D eigenvalue weighted by atomic mass is 10.2. The zero-order chi connectivity index (χ0) is 22.1. The van der Waals surface area contributed by atoms with Crippen molar-refractivity contribution in [3.8, 4) is 0 Å². The predicted molar refractivity (Wildman–Crippen MR) is 117 cm³/mol. The zero-order valence-corrected chi connectivity index (χ0v) is 18.2. The molecule has 2 aromatic rings. The Morgan fingerprint density at radius 1 is 1.10 bits per heavy atom. The second-order valence-corrected chi connectivity index (χ2v) is 8.34. The Kier molecular flexibility index (Phi) is 8.72. The number of thioether (sulfide) groups is 1. The Bertz CT molecular complexity index is 884. The van der Waals surface area contributed by atoms with Crippen molar-refractivity contribution >= 4 is 46.9 Å². The Morgan fingerprint density at radius 3 is 2.43 bits per heavy atom. The maximum absolute atomic E-state index is 12.2. The Morgan fingerprint density at radius 2 is 1.80 bits per heavy atom. The molecule has 3 N–H and O–H groups in total. The van der Waals surface area contributed by atoms with Crippen LogP contribution in [0.2, 0.25) is 0 Å². The van der Waals surface area contributed by atoms with Crippen LogP contribution in [0.3, 0.4) is 0 Å². The van der Waals surface area contributed by atoms with E-state index in [9.17, 15) is 14.4 Å². The quantitative estimate of drug-likeness (QED) is 0.547. The Labute approximate surface area is 179 Å². The van der Waals surface area contributed by atoms with Crippen LogP contribution in [-0.4, -0.2) is 40.7 Å². The zero-order valence-electron chi connectivity index (χ0n) is 17.4. The van der Waals surface area contributed by atoms with E-state index in [1.54, 1.807) is 44.2 Å². The molecule has 1 aromatic carbocycles. The number of hydrogen-bond donors (Lipinski definition) is 3. The van der Waals surface area contributed by atoms with Gasteiger partial charge in [-0.05, 0) is 38.0 Å². The van der Waals surface area contributed by atoms with Crippen LogP contribution >= 0.6 is 11.8 Å². The van der Waals surface area contributed by atoms with Crippen molar-refractivity contribution in [1.82, 2.24) is 5.16 Å². The number of hydrogen-bond acceptors (Lipinski definition) is 7. The topological polar surface area (TPSA) is 123 Å². The summed E-state index contributed by atoms with van der Waals surface area (Å²) >= 11 is 1.19. The van der Waals surface area contributed by atoms with Gasteiger partial charge in [0.2, 0.25) is 11.8 Å². The van der Waals surface area contributed by atoms with Crippen LogP contribution < -0.4 is 16.0 Å². The van der Waals surface area contributed by atoms with E-state index < -0.39 is 11.3 Å². The molecule has 9 nitrogen and oxygen atoms in total. The molecule has 1 aromatic heterocycles. The van der Waals surface area contributed by atoms with E-state index in [1.807, 2.05) is 13.8 Å². The number of aryl methyl sites for hydroxylation is 1. The number of amides is 3. The van der Waals surface area contributed by atoms with E-state index in [0.717, 1.165) is 0 Å². The first-order valence-corrected chi connectivity index (χ1v) is 10.5. The van der Waals surface area contributed by atoms with Crippen LogP contribution in [-0.2, 0) is 14.3 Å². The van der Waals surface area contributed by atoms with Gasteiger partial charge in [-0.3, -0.25) is 14.9 Å². The van der Waals surface area contributed by atoms with Gasteiger partial charge in [0.1, 0.15) is 5.76 Å². The molecule has 0 aliphatic carbocycles. The fourth-order valence-electron chi connectivity index (χ4n) is 2.20. The second kappa shape index (κ2) is 11.2. The molecule has 1 atom stereocenters. The second-order valence-electron chi connectivity index (χ2n) is 7.01. The molecule has 1 heterocycles. The van der Waals surface area contributed by atoms with Crippen LogP contribution in [0.1, 0.15) is 26.5 Å². The highest BCUT2D eigenvalue weighted by Gasteiger charge is 2.17. The molecule has 0 saturated carbocycles. The van der Waals surface area contributed by atoms with Crippen LogP contribution in [0.4, 0.5) is 22.0 Å².